The molecule has 5 aliphatic heterocycles. The summed E-state index contributed by atoms with van der Waals surface area (Å²) in [6, 6.07) is 28.0. The minimum absolute atomic E-state index is 0. The summed E-state index contributed by atoms with van der Waals surface area (Å²) in [6.07, 6.45) is 50.8. The standard InChI is InChI=1S/C23H27N3O2.C18H16BrNO2.C12H5BrO3.C6H13N.C6H10O.C5H12N2.4C5H10.CH3F.4Fe/c1-24-11-13-25(14-12-24)20-10-9-19-21-17(20)7-4-8-18(21)22(27)26(23(19)28)15-16-5-2-3-6-16;19-15-9-8-14-16-12(15)6-3-7-13(16)17(21)20(18(14)22)10-11-4-1-2-5-11;13-9-5-4-8-10-6(9)2-1-3-7(10)11(14)16-12(8)15;2*7-5-6-3-1-2-4-6;1-7-4-2-6-3-5-7;4*1-2-4-5-3-1;1-2;;;;/h4,7-10,16H,2-3,5-6,11-15H2,1H3;3,6-9,11H,1-2,4-5,10H2;1-5H;6H,1-5,7H2;5-6H,1-4H2;6H,2-5H2,1H3;4*1-5H2;1H3;;;;/i;;;;;;;;;;1D;;;;. The van der Waals surface area contributed by atoms with Crippen molar-refractivity contribution in [3.05, 3.63) is 133 Å². The number of alkyl halides is 1. The molecule has 0 aromatic heterocycles. The summed E-state index contributed by atoms with van der Waals surface area (Å²) in [6.45, 7) is 10.8. The van der Waals surface area contributed by atoms with E-state index < -0.39 is 19.1 Å². The van der Waals surface area contributed by atoms with Gasteiger partial charge in [-0.05, 0) is 155 Å². The van der Waals surface area contributed by atoms with Gasteiger partial charge in [0.25, 0.3) is 23.6 Å². The molecule has 0 spiro atoms. The van der Waals surface area contributed by atoms with Crippen LogP contribution in [0.25, 0.3) is 32.3 Å². The predicted octanol–water partition coefficient (Wildman–Crippen LogP) is 21.1. The Kier molecular flexibility index (Phi) is 46.7. The number of likely N-dealkylation sites (N-methyl/N-ethyl adjacent to an activating group) is 2. The SMILES string of the molecule is C1CCCC1.C1CCCC1.C1CCCC1.C1CCCC1.CN1CCN(c2ccc3c4c(cccc24)C(=O)N(CC2CCCC2)C3=O)CC1.CN1CCNCC1.NCC1CCCC1.O=C1OC(=O)c2ccc(Br)c3cccc1c23.O=C1c2cccc3c(Br)ccc(c23)C(=O)N1CC1CCCC1.O=CC1CCCC1.[2H]CF.[Fe].[Fe].[Fe].[Fe]. The van der Waals surface area contributed by atoms with Gasteiger partial charge >= 0.3 is 11.9 Å². The van der Waals surface area contributed by atoms with Gasteiger partial charge in [0, 0.05) is 198 Å². The van der Waals surface area contributed by atoms with Gasteiger partial charge in [0.2, 0.25) is 0 Å². The molecule has 10 fully saturated rings. The average molecular weight is 1850 g/mol. The maximum Gasteiger partial charge on any atom is 0.346 e. The second kappa shape index (κ2) is 54.1. The summed E-state index contributed by atoms with van der Waals surface area (Å²) in [5, 5.41) is 8.37. The number of nitrogens with zero attached hydrogens (tertiary/aromatic N) is 5. The van der Waals surface area contributed by atoms with Gasteiger partial charge in [-0.25, -0.2) is 9.59 Å². The second-order valence-electron chi connectivity index (χ2n) is 31.9. The smallest absolute Gasteiger partial charge is 0.346 e. The van der Waals surface area contributed by atoms with E-state index in [0.717, 1.165) is 138 Å². The van der Waals surface area contributed by atoms with Crippen LogP contribution in [0.4, 0.5) is 10.1 Å². The number of rotatable bonds is 7. The summed E-state index contributed by atoms with van der Waals surface area (Å²) >= 11 is 6.90. The van der Waals surface area contributed by atoms with E-state index in [-0.39, 0.29) is 91.9 Å². The number of aldehydes is 1. The molecule has 0 atom stereocenters. The zero-order chi connectivity index (χ0) is 78.0. The van der Waals surface area contributed by atoms with Crippen molar-refractivity contribution in [3.63, 3.8) is 0 Å². The molecule has 6 aromatic carbocycles. The van der Waals surface area contributed by atoms with Crippen molar-refractivity contribution in [2.45, 2.75) is 231 Å². The number of hydrogen-bond acceptors (Lipinski definition) is 13. The van der Waals surface area contributed by atoms with Gasteiger partial charge in [0.05, 0.1) is 19.7 Å². The molecule has 13 aliphatic rings. The Morgan fingerprint density at radius 1 is 0.416 bits per heavy atom. The minimum atomic E-state index is -1.00. The molecule has 3 N–H and O–H groups in total. The Bertz CT molecular complexity index is 3790. The third-order valence-corrected chi connectivity index (χ3v) is 25.3. The zero-order valence-electron chi connectivity index (χ0n) is 68.1. The number of nitrogens with two attached hydrogens (primary N) is 1. The number of imide groups is 2. The molecule has 0 unspecified atom stereocenters. The maximum absolute atomic E-state index is 13.2. The van der Waals surface area contributed by atoms with Gasteiger partial charge in [-0.1, -0.05) is 248 Å². The molecule has 626 valence electrons. The van der Waals surface area contributed by atoms with Crippen LogP contribution in [-0.2, 0) is 77.8 Å². The number of carbonyl (C=O) groups excluding carboxylic acids is 7. The fourth-order valence-electron chi connectivity index (χ4n) is 17.4. The third-order valence-electron chi connectivity index (χ3n) is 23.9. The Hall–Kier alpha value is -4.20. The largest absolute Gasteiger partial charge is 0.386 e. The van der Waals surface area contributed by atoms with Crippen molar-refractivity contribution in [2.24, 2.45) is 29.4 Å². The van der Waals surface area contributed by atoms with E-state index in [4.69, 9.17) is 7.10 Å². The van der Waals surface area contributed by atoms with E-state index in [0.29, 0.717) is 69.6 Å². The first kappa shape index (κ1) is 97.6. The van der Waals surface area contributed by atoms with E-state index in [1.807, 2.05) is 54.6 Å². The molecule has 4 amide bonds. The first-order valence-corrected chi connectivity index (χ1v) is 43.5. The van der Waals surface area contributed by atoms with Crippen molar-refractivity contribution in [2.75, 3.05) is 98.1 Å². The van der Waals surface area contributed by atoms with Gasteiger partial charge in [0.15, 0.2) is 0 Å². The number of halogens is 3. The predicted molar refractivity (Wildman–Crippen MR) is 450 cm³/mol. The summed E-state index contributed by atoms with van der Waals surface area (Å²) in [5.74, 6) is 0.516. The van der Waals surface area contributed by atoms with Crippen LogP contribution >= 0.6 is 31.9 Å². The Morgan fingerprint density at radius 2 is 0.717 bits per heavy atom. The summed E-state index contributed by atoms with van der Waals surface area (Å²) < 4.78 is 21.9. The quantitative estimate of drug-likeness (QED) is 0.0507. The molecule has 19 rings (SSSR count). The summed E-state index contributed by atoms with van der Waals surface area (Å²) in [4.78, 5) is 95.1. The number of esters is 2. The summed E-state index contributed by atoms with van der Waals surface area (Å²) in [5.41, 5.74) is 10.1. The minimum Gasteiger partial charge on any atom is -0.386 e. The molecule has 5 heterocycles. The number of carbonyl (C=O) groups is 7. The van der Waals surface area contributed by atoms with Crippen molar-refractivity contribution in [1.82, 2.24) is 24.9 Å². The van der Waals surface area contributed by atoms with Crippen LogP contribution in [0.15, 0.2) is 99.9 Å². The fourth-order valence-corrected chi connectivity index (χ4v) is 18.3. The molecular weight excluding hydrogens is 1720 g/mol. The molecule has 0 bridgehead atoms. The average Bonchev–Trinajstić information content (AvgIpc) is 0.768. The van der Waals surface area contributed by atoms with Crippen molar-refractivity contribution in [1.29, 1.82) is 0 Å². The van der Waals surface area contributed by atoms with Gasteiger partial charge in [-0.15, -0.1) is 0 Å². The maximum atomic E-state index is 13.2. The van der Waals surface area contributed by atoms with E-state index in [1.54, 1.807) is 24.3 Å². The number of nitrogens with one attached hydrogen (secondary N) is 1. The molecular formula is C91H126Br2FFe4N7O8. The molecule has 8 aliphatic carbocycles. The van der Waals surface area contributed by atoms with Crippen LogP contribution in [0.3, 0.4) is 0 Å². The number of amides is 4. The molecule has 113 heavy (non-hydrogen) atoms. The first-order valence-electron chi connectivity index (χ1n) is 42.7. The Morgan fingerprint density at radius 3 is 1.06 bits per heavy atom. The number of cyclic esters (lactones) is 2. The molecule has 0 radical (unpaired) electrons. The third kappa shape index (κ3) is 29.3. The topological polar surface area (TPSA) is 183 Å². The molecule has 6 aromatic rings. The van der Waals surface area contributed by atoms with Crippen LogP contribution in [0.5, 0.6) is 0 Å². The summed E-state index contributed by atoms with van der Waals surface area (Å²) in [7, 11) is 3.30. The van der Waals surface area contributed by atoms with Gasteiger partial charge in [-0.2, -0.15) is 0 Å². The fraction of sp³-hybridized carbons (Fsp3) is 0.593. The van der Waals surface area contributed by atoms with Crippen molar-refractivity contribution in [3.8, 4) is 0 Å². The Balaban J connectivity index is 0.000000241. The first-order chi connectivity index (χ1) is 53.6. The Labute approximate surface area is 734 Å². The van der Waals surface area contributed by atoms with E-state index in [1.165, 1.54) is 216 Å². The molecule has 8 saturated carbocycles. The van der Waals surface area contributed by atoms with Crippen LogP contribution < -0.4 is 16.0 Å². The van der Waals surface area contributed by atoms with Gasteiger partial charge in [-0.3, -0.25) is 33.4 Å². The number of piperazine rings is 2. The molecule has 22 heteroatoms. The molecule has 15 nitrogen and oxygen atoms in total. The van der Waals surface area contributed by atoms with Gasteiger partial charge in [0.1, 0.15) is 6.29 Å². The van der Waals surface area contributed by atoms with E-state index in [2.05, 4.69) is 82.8 Å². The van der Waals surface area contributed by atoms with E-state index >= 15 is 0 Å². The van der Waals surface area contributed by atoms with Crippen LogP contribution in [0, 0.1) is 23.7 Å². The van der Waals surface area contributed by atoms with Crippen molar-refractivity contribution >= 4 is 112 Å². The number of hydrogen-bond donors (Lipinski definition) is 2. The zero-order valence-corrected chi connectivity index (χ0v) is 74.7. The normalized spacial score (nSPS) is 19.7. The molecule has 2 saturated heterocycles. The van der Waals surface area contributed by atoms with Crippen LogP contribution in [0.1, 0.15) is 295 Å². The number of anilines is 1. The number of ether oxygens (including phenoxy) is 1. The van der Waals surface area contributed by atoms with Crippen molar-refractivity contribution < 1.29 is 112 Å². The van der Waals surface area contributed by atoms with Crippen LogP contribution in [-0.4, -0.2) is 155 Å². The second-order valence-corrected chi connectivity index (χ2v) is 33.6. The van der Waals surface area contributed by atoms with Gasteiger partial charge < -0.3 is 35.3 Å². The number of benzene rings is 6. The van der Waals surface area contributed by atoms with E-state index in [9.17, 15) is 38.0 Å². The monoisotopic (exact) mass is 1850 g/mol. The van der Waals surface area contributed by atoms with Crippen LogP contribution in [0.2, 0.25) is 0 Å².